The molecule has 2 aromatic carbocycles. The Bertz CT molecular complexity index is 1200. The molecule has 0 spiro atoms. The fourth-order valence-electron chi connectivity index (χ4n) is 3.19. The van der Waals surface area contributed by atoms with Crippen LogP contribution in [0.1, 0.15) is 15.7 Å². The van der Waals surface area contributed by atoms with Gasteiger partial charge in [0.2, 0.25) is 0 Å². The number of hydrogen-bond acceptors (Lipinski definition) is 6. The zero-order valence-corrected chi connectivity index (χ0v) is 19.4. The Balaban J connectivity index is 1.62. The van der Waals surface area contributed by atoms with E-state index in [1.54, 1.807) is 30.7 Å². The second-order valence-corrected chi connectivity index (χ2v) is 10.1. The minimum Gasteiger partial charge on any atom is -0.496 e. The van der Waals surface area contributed by atoms with Gasteiger partial charge in [0, 0.05) is 18.0 Å². The summed E-state index contributed by atoms with van der Waals surface area (Å²) in [5, 5.41) is 5.53. The molecule has 0 saturated carbocycles. The number of thiophene rings is 1. The molecule has 0 aliphatic rings. The van der Waals surface area contributed by atoms with Crippen molar-refractivity contribution in [2.24, 2.45) is 0 Å². The first-order valence-corrected chi connectivity index (χ1v) is 12.5. The van der Waals surface area contributed by atoms with Crippen LogP contribution in [0.25, 0.3) is 0 Å². The largest absolute Gasteiger partial charge is 0.496 e. The van der Waals surface area contributed by atoms with Crippen LogP contribution in [-0.2, 0) is 25.8 Å². The summed E-state index contributed by atoms with van der Waals surface area (Å²) in [4.78, 5) is 24.9. The molecule has 0 bridgehead atoms. The summed E-state index contributed by atoms with van der Waals surface area (Å²) in [6, 6.07) is 15.1. The number of amides is 2. The van der Waals surface area contributed by atoms with Crippen LogP contribution in [-0.4, -0.2) is 40.4 Å². The van der Waals surface area contributed by atoms with Gasteiger partial charge in [-0.2, -0.15) is 0 Å². The molecule has 0 aliphatic carbocycles. The summed E-state index contributed by atoms with van der Waals surface area (Å²) in [5.74, 6) is -1.68. The lowest BCUT2D eigenvalue weighted by molar-refractivity contribution is -0.139. The quantitative estimate of drug-likeness (QED) is 0.355. The lowest BCUT2D eigenvalue weighted by atomic mass is 10.1. The fourth-order valence-corrected chi connectivity index (χ4v) is 5.98. The summed E-state index contributed by atoms with van der Waals surface area (Å²) >= 11 is 1.21. The van der Waals surface area contributed by atoms with E-state index in [4.69, 9.17) is 4.74 Å². The third kappa shape index (κ3) is 6.17. The molecule has 1 aromatic heterocycles. The molecule has 1 heterocycles. The van der Waals surface area contributed by atoms with Crippen LogP contribution in [0, 0.1) is 5.82 Å². The Hall–Kier alpha value is -3.24. The lowest BCUT2D eigenvalue weighted by Gasteiger charge is -2.17. The van der Waals surface area contributed by atoms with E-state index < -0.39 is 32.7 Å². The van der Waals surface area contributed by atoms with E-state index in [-0.39, 0.29) is 18.0 Å². The third-order valence-corrected chi connectivity index (χ3v) is 8.14. The number of sulfone groups is 1. The van der Waals surface area contributed by atoms with Gasteiger partial charge in [-0.15, -0.1) is 11.3 Å². The van der Waals surface area contributed by atoms with Crippen molar-refractivity contribution in [1.82, 2.24) is 10.6 Å². The lowest BCUT2D eigenvalue weighted by Crippen LogP contribution is -2.42. The average molecular weight is 491 g/mol. The first-order chi connectivity index (χ1) is 15.8. The topological polar surface area (TPSA) is 102 Å². The van der Waals surface area contributed by atoms with Crippen LogP contribution < -0.4 is 15.4 Å². The van der Waals surface area contributed by atoms with Gasteiger partial charge < -0.3 is 15.4 Å². The minimum atomic E-state index is -3.94. The Kier molecular flexibility index (Phi) is 8.18. The number of hydrogen-bond donors (Lipinski definition) is 2. The Morgan fingerprint density at radius 1 is 1.00 bits per heavy atom. The highest BCUT2D eigenvalue weighted by molar-refractivity contribution is 7.91. The summed E-state index contributed by atoms with van der Waals surface area (Å²) in [6.45, 7) is -0.103. The van der Waals surface area contributed by atoms with Crippen LogP contribution in [0.3, 0.4) is 0 Å². The number of nitrogens with one attached hydrogen (secondary N) is 2. The molecule has 10 heteroatoms. The number of halogens is 1. The van der Waals surface area contributed by atoms with Gasteiger partial charge in [0.25, 0.3) is 0 Å². The molecule has 3 aromatic rings. The smallest absolute Gasteiger partial charge is 0.309 e. The molecule has 33 heavy (non-hydrogen) atoms. The average Bonchev–Trinajstić information content (AvgIpc) is 3.34. The van der Waals surface area contributed by atoms with E-state index in [0.29, 0.717) is 17.0 Å². The Morgan fingerprint density at radius 2 is 1.70 bits per heavy atom. The van der Waals surface area contributed by atoms with E-state index in [9.17, 15) is 22.4 Å². The van der Waals surface area contributed by atoms with Crippen molar-refractivity contribution < 1.29 is 27.1 Å². The molecule has 0 aliphatic heterocycles. The second-order valence-electron chi connectivity index (χ2n) is 7.03. The van der Waals surface area contributed by atoms with E-state index >= 15 is 0 Å². The number of rotatable bonds is 9. The molecule has 2 N–H and O–H groups in total. The molecule has 0 saturated heterocycles. The van der Waals surface area contributed by atoms with E-state index in [1.807, 2.05) is 18.2 Å². The Labute approximate surface area is 195 Å². The van der Waals surface area contributed by atoms with Crippen LogP contribution in [0.15, 0.2) is 70.9 Å². The number of para-hydroxylation sites is 1. The van der Waals surface area contributed by atoms with Gasteiger partial charge in [-0.25, -0.2) is 12.8 Å². The van der Waals surface area contributed by atoms with Crippen molar-refractivity contribution in [3.05, 3.63) is 82.3 Å². The van der Waals surface area contributed by atoms with E-state index in [2.05, 4.69) is 10.6 Å². The van der Waals surface area contributed by atoms with Crippen LogP contribution in [0.4, 0.5) is 4.39 Å². The molecule has 0 unspecified atom stereocenters. The first kappa shape index (κ1) is 24.4. The van der Waals surface area contributed by atoms with Gasteiger partial charge in [-0.1, -0.05) is 24.3 Å². The van der Waals surface area contributed by atoms with Gasteiger partial charge in [-0.05, 0) is 53.8 Å². The Morgan fingerprint density at radius 3 is 2.36 bits per heavy atom. The molecule has 7 nitrogen and oxygen atoms in total. The third-order valence-electron chi connectivity index (χ3n) is 4.90. The normalized spacial score (nSPS) is 12.1. The van der Waals surface area contributed by atoms with Crippen molar-refractivity contribution in [1.29, 1.82) is 0 Å². The molecule has 0 radical (unpaired) electrons. The molecule has 2 amide bonds. The molecular weight excluding hydrogens is 467 g/mol. The summed E-state index contributed by atoms with van der Waals surface area (Å²) in [7, 11) is -2.39. The second kappa shape index (κ2) is 11.1. The monoisotopic (exact) mass is 490 g/mol. The van der Waals surface area contributed by atoms with Gasteiger partial charge in [0.1, 0.15) is 16.8 Å². The standard InChI is InChI=1S/C23H23FN2O5S2/c1-31-19-6-3-2-5-16(19)12-13-25-22(27)23(28)26-15-21(20-7-4-14-32-20)33(29,30)18-10-8-17(24)9-11-18/h2-11,14,21H,12-13,15H2,1H3,(H,25,27)(H,26,28)/t21-/m1/s1. The van der Waals surface area contributed by atoms with Gasteiger partial charge in [-0.3, -0.25) is 9.59 Å². The maximum atomic E-state index is 13.2. The van der Waals surface area contributed by atoms with Gasteiger partial charge >= 0.3 is 11.8 Å². The minimum absolute atomic E-state index is 0.0715. The number of methoxy groups -OCH3 is 1. The number of carbonyl (C=O) groups is 2. The number of ether oxygens (including phenoxy) is 1. The zero-order valence-electron chi connectivity index (χ0n) is 17.8. The predicted octanol–water partition coefficient (Wildman–Crippen LogP) is 2.89. The van der Waals surface area contributed by atoms with E-state index in [0.717, 1.165) is 17.7 Å². The molecule has 174 valence electrons. The fraction of sp³-hybridized carbons (Fsp3) is 0.217. The number of carbonyl (C=O) groups excluding carboxylic acids is 2. The predicted molar refractivity (Wildman–Crippen MR) is 123 cm³/mol. The van der Waals surface area contributed by atoms with Crippen molar-refractivity contribution >= 4 is 33.0 Å². The van der Waals surface area contributed by atoms with Crippen LogP contribution in [0.2, 0.25) is 0 Å². The van der Waals surface area contributed by atoms with Crippen LogP contribution >= 0.6 is 11.3 Å². The summed E-state index contributed by atoms with van der Waals surface area (Å²) < 4.78 is 44.8. The number of benzene rings is 2. The van der Waals surface area contributed by atoms with Gasteiger partial charge in [0.15, 0.2) is 9.84 Å². The highest BCUT2D eigenvalue weighted by atomic mass is 32.2. The summed E-state index contributed by atoms with van der Waals surface area (Å²) in [5.41, 5.74) is 0.879. The zero-order chi connectivity index (χ0) is 23.8. The van der Waals surface area contributed by atoms with Crippen molar-refractivity contribution in [3.63, 3.8) is 0 Å². The highest BCUT2D eigenvalue weighted by Gasteiger charge is 2.31. The molecule has 3 rings (SSSR count). The van der Waals surface area contributed by atoms with Crippen molar-refractivity contribution in [2.75, 3.05) is 20.2 Å². The van der Waals surface area contributed by atoms with Crippen LogP contribution in [0.5, 0.6) is 5.75 Å². The molecular formula is C23H23FN2O5S2. The summed E-state index contributed by atoms with van der Waals surface area (Å²) in [6.07, 6.45) is 0.458. The van der Waals surface area contributed by atoms with Gasteiger partial charge in [0.05, 0.1) is 12.0 Å². The van der Waals surface area contributed by atoms with Crippen molar-refractivity contribution in [2.45, 2.75) is 16.6 Å². The van der Waals surface area contributed by atoms with Crippen molar-refractivity contribution in [3.8, 4) is 5.75 Å². The first-order valence-electron chi connectivity index (χ1n) is 10.0. The maximum absolute atomic E-state index is 13.2. The SMILES string of the molecule is COc1ccccc1CCNC(=O)C(=O)NC[C@H](c1cccs1)S(=O)(=O)c1ccc(F)cc1. The maximum Gasteiger partial charge on any atom is 0.309 e. The highest BCUT2D eigenvalue weighted by Crippen LogP contribution is 2.31. The molecule has 1 atom stereocenters. The molecule has 0 fully saturated rings. The van der Waals surface area contributed by atoms with E-state index in [1.165, 1.54) is 23.5 Å².